The first-order valence-electron chi connectivity index (χ1n) is 5.77. The van der Waals surface area contributed by atoms with Crippen LogP contribution in [0.5, 0.6) is 0 Å². The number of rotatable bonds is 1. The largest absolute Gasteiger partial charge is 0.349 e. The molecule has 3 aliphatic rings. The van der Waals surface area contributed by atoms with Gasteiger partial charge in [-0.25, -0.2) is 0 Å². The molecule has 0 aromatic rings. The maximum Gasteiger partial charge on any atom is 0.194 e. The van der Waals surface area contributed by atoms with Crippen molar-refractivity contribution in [3.63, 3.8) is 0 Å². The number of methoxy groups -OCH3 is 1. The van der Waals surface area contributed by atoms with Crippen molar-refractivity contribution in [2.75, 3.05) is 13.7 Å². The van der Waals surface area contributed by atoms with Crippen molar-refractivity contribution in [1.82, 2.24) is 0 Å². The number of hydrogen-bond acceptors (Lipinski definition) is 3. The Morgan fingerprint density at radius 3 is 3.12 bits per heavy atom. The van der Waals surface area contributed by atoms with E-state index in [4.69, 9.17) is 9.47 Å². The molecule has 0 spiro atoms. The molecular weight excluding hydrogens is 204 g/mol. The lowest BCUT2D eigenvalue weighted by molar-refractivity contribution is -0.200. The third-order valence-electron chi connectivity index (χ3n) is 4.17. The molecule has 1 saturated heterocycles. The fourth-order valence-electron chi connectivity index (χ4n) is 3.43. The molecule has 3 rings (SSSR count). The molecule has 0 amide bonds. The molecule has 1 heterocycles. The van der Waals surface area contributed by atoms with Gasteiger partial charge in [-0.3, -0.25) is 4.79 Å². The summed E-state index contributed by atoms with van der Waals surface area (Å²) < 4.78 is 11.5. The van der Waals surface area contributed by atoms with E-state index in [1.165, 1.54) is 0 Å². The molecule has 3 heteroatoms. The van der Waals surface area contributed by atoms with Gasteiger partial charge in [-0.15, -0.1) is 0 Å². The highest BCUT2D eigenvalue weighted by Gasteiger charge is 2.58. The van der Waals surface area contributed by atoms with Crippen LogP contribution in [-0.2, 0) is 14.3 Å². The summed E-state index contributed by atoms with van der Waals surface area (Å²) in [4.78, 5) is 12.0. The zero-order valence-electron chi connectivity index (χ0n) is 9.60. The Balaban J connectivity index is 2.13. The molecule has 0 bridgehead atoms. The van der Waals surface area contributed by atoms with E-state index in [9.17, 15) is 4.79 Å². The van der Waals surface area contributed by atoms with Crippen molar-refractivity contribution < 1.29 is 14.3 Å². The Morgan fingerprint density at radius 2 is 2.38 bits per heavy atom. The average Bonchev–Trinajstić information content (AvgIpc) is 2.67. The number of hydrogen-bond donors (Lipinski definition) is 0. The zero-order chi connectivity index (χ0) is 11.3. The highest BCUT2D eigenvalue weighted by Crippen LogP contribution is 2.52. The second kappa shape index (κ2) is 3.28. The maximum atomic E-state index is 12.0. The van der Waals surface area contributed by atoms with Crippen LogP contribution in [0.3, 0.4) is 0 Å². The topological polar surface area (TPSA) is 35.5 Å². The number of carbonyl (C=O) groups excluding carboxylic acids is 1. The molecule has 2 aliphatic carbocycles. The predicted molar refractivity (Wildman–Crippen MR) is 58.7 cm³/mol. The van der Waals surface area contributed by atoms with E-state index in [0.29, 0.717) is 12.5 Å². The molecule has 4 atom stereocenters. The van der Waals surface area contributed by atoms with Gasteiger partial charge in [0.2, 0.25) is 0 Å². The third-order valence-corrected chi connectivity index (χ3v) is 4.17. The summed E-state index contributed by atoms with van der Waals surface area (Å²) in [6.07, 6.45) is 6.80. The van der Waals surface area contributed by atoms with E-state index in [1.807, 2.05) is 6.92 Å². The molecule has 0 saturated carbocycles. The van der Waals surface area contributed by atoms with Gasteiger partial charge < -0.3 is 9.47 Å². The van der Waals surface area contributed by atoms with Crippen LogP contribution in [0.2, 0.25) is 0 Å². The van der Waals surface area contributed by atoms with Crippen molar-refractivity contribution in [3.05, 3.63) is 23.8 Å². The van der Waals surface area contributed by atoms with Gasteiger partial charge in [-0.2, -0.15) is 0 Å². The maximum absolute atomic E-state index is 12.0. The fraction of sp³-hybridized carbons (Fsp3) is 0.615. The molecule has 0 aromatic heterocycles. The van der Waals surface area contributed by atoms with Crippen molar-refractivity contribution in [1.29, 1.82) is 0 Å². The first-order chi connectivity index (χ1) is 7.69. The van der Waals surface area contributed by atoms with Crippen LogP contribution in [-0.4, -0.2) is 25.3 Å². The Hall–Kier alpha value is -0.930. The summed E-state index contributed by atoms with van der Waals surface area (Å²) in [6.45, 7) is 2.59. The lowest BCUT2D eigenvalue weighted by Crippen LogP contribution is -2.49. The lowest BCUT2D eigenvalue weighted by Gasteiger charge is -2.42. The summed E-state index contributed by atoms with van der Waals surface area (Å²) in [5.41, 5.74) is 0.916. The van der Waals surface area contributed by atoms with E-state index in [0.717, 1.165) is 12.0 Å². The minimum Gasteiger partial charge on any atom is -0.349 e. The van der Waals surface area contributed by atoms with Crippen LogP contribution in [0, 0.1) is 17.8 Å². The van der Waals surface area contributed by atoms with Crippen molar-refractivity contribution in [3.8, 4) is 0 Å². The summed E-state index contributed by atoms with van der Waals surface area (Å²) >= 11 is 0. The predicted octanol–water partition coefficient (Wildman–Crippen LogP) is 1.70. The van der Waals surface area contributed by atoms with Gasteiger partial charge in [0, 0.05) is 24.9 Å². The summed E-state index contributed by atoms with van der Waals surface area (Å²) in [6, 6.07) is 0. The normalized spacial score (nSPS) is 45.5. The van der Waals surface area contributed by atoms with Crippen LogP contribution >= 0.6 is 0 Å². The Morgan fingerprint density at radius 1 is 1.56 bits per heavy atom. The smallest absolute Gasteiger partial charge is 0.194 e. The number of allylic oxidation sites excluding steroid dienone is 2. The van der Waals surface area contributed by atoms with Crippen LogP contribution in [0.25, 0.3) is 0 Å². The van der Waals surface area contributed by atoms with E-state index in [2.05, 4.69) is 12.2 Å². The highest BCUT2D eigenvalue weighted by atomic mass is 16.7. The van der Waals surface area contributed by atoms with Crippen LogP contribution in [0.15, 0.2) is 23.8 Å². The molecule has 0 radical (unpaired) electrons. The molecule has 86 valence electrons. The van der Waals surface area contributed by atoms with E-state index in [-0.39, 0.29) is 17.6 Å². The molecule has 0 aromatic carbocycles. The summed E-state index contributed by atoms with van der Waals surface area (Å²) in [5.74, 6) is 0.121. The first kappa shape index (κ1) is 10.2. The van der Waals surface area contributed by atoms with E-state index < -0.39 is 5.79 Å². The molecule has 3 nitrogen and oxygen atoms in total. The molecule has 0 unspecified atom stereocenters. The number of carbonyl (C=O) groups is 1. The SMILES string of the molecule is CO[C@@]12OC[C@@H]3C=CC[C@@H](C(=O)C=C1C)[C@H]32. The standard InChI is InChI=1S/C13H16O3/c1-8-6-11(14)10-5-3-4-9-7-16-13(8,15-2)12(9)10/h3-4,6,9-10,12H,5,7H2,1-2H3/t9-,10-,12-,13+/m0/s1. The molecular formula is C13H16O3. The minimum atomic E-state index is -0.645. The number of ether oxygens (including phenoxy) is 2. The quantitative estimate of drug-likeness (QED) is 0.631. The Bertz CT molecular complexity index is 396. The van der Waals surface area contributed by atoms with Crippen molar-refractivity contribution in [2.24, 2.45) is 17.8 Å². The Kier molecular flexibility index (Phi) is 2.10. The van der Waals surface area contributed by atoms with Gasteiger partial charge in [0.1, 0.15) is 0 Å². The van der Waals surface area contributed by atoms with Gasteiger partial charge in [-0.1, -0.05) is 12.2 Å². The summed E-state index contributed by atoms with van der Waals surface area (Å²) in [5, 5.41) is 0. The summed E-state index contributed by atoms with van der Waals surface area (Å²) in [7, 11) is 1.67. The van der Waals surface area contributed by atoms with Crippen molar-refractivity contribution >= 4 is 5.78 Å². The second-order valence-corrected chi connectivity index (χ2v) is 4.87. The van der Waals surface area contributed by atoms with E-state index >= 15 is 0 Å². The third kappa shape index (κ3) is 1.08. The molecule has 0 N–H and O–H groups in total. The molecule has 1 aliphatic heterocycles. The fourth-order valence-corrected chi connectivity index (χ4v) is 3.43. The van der Waals surface area contributed by atoms with Gasteiger partial charge in [0.05, 0.1) is 6.61 Å². The Labute approximate surface area is 95.1 Å². The van der Waals surface area contributed by atoms with Crippen molar-refractivity contribution in [2.45, 2.75) is 19.1 Å². The van der Waals surface area contributed by atoms with E-state index in [1.54, 1.807) is 13.2 Å². The second-order valence-electron chi connectivity index (χ2n) is 4.87. The first-order valence-corrected chi connectivity index (χ1v) is 5.77. The average molecular weight is 220 g/mol. The van der Waals surface area contributed by atoms with Crippen LogP contribution in [0.1, 0.15) is 13.3 Å². The zero-order valence-corrected chi connectivity index (χ0v) is 9.60. The van der Waals surface area contributed by atoms with Gasteiger partial charge in [0.25, 0.3) is 0 Å². The number of ketones is 1. The van der Waals surface area contributed by atoms with Crippen LogP contribution in [0.4, 0.5) is 0 Å². The molecule has 1 fully saturated rings. The minimum absolute atomic E-state index is 0.0427. The van der Waals surface area contributed by atoms with Gasteiger partial charge in [0.15, 0.2) is 11.6 Å². The highest BCUT2D eigenvalue weighted by molar-refractivity contribution is 5.94. The molecule has 16 heavy (non-hydrogen) atoms. The van der Waals surface area contributed by atoms with Crippen LogP contribution < -0.4 is 0 Å². The van der Waals surface area contributed by atoms with Gasteiger partial charge in [-0.05, 0) is 25.0 Å². The van der Waals surface area contributed by atoms with Gasteiger partial charge >= 0.3 is 0 Å². The lowest BCUT2D eigenvalue weighted by atomic mass is 9.66. The monoisotopic (exact) mass is 220 g/mol.